The minimum absolute atomic E-state index is 0.367. The van der Waals surface area contributed by atoms with Crippen LogP contribution in [0.2, 0.25) is 0 Å². The van der Waals surface area contributed by atoms with E-state index in [1.165, 1.54) is 11.8 Å². The van der Waals surface area contributed by atoms with Gasteiger partial charge in [-0.2, -0.15) is 11.8 Å². The Hall–Kier alpha value is -0.790. The highest BCUT2D eigenvalue weighted by atomic mass is 32.2. The Balaban J connectivity index is 3.36. The number of carbonyl (C=O) groups excluding carboxylic acids is 1. The molecule has 0 spiro atoms. The molecular formula is C10H19NO5S. The first-order valence-corrected chi connectivity index (χ1v) is 6.44. The first kappa shape index (κ1) is 16.2. The average Bonchev–Trinajstić information content (AvgIpc) is 2.31. The van der Waals surface area contributed by atoms with Crippen LogP contribution < -0.4 is 5.32 Å². The number of amides is 1. The highest BCUT2D eigenvalue weighted by molar-refractivity contribution is 7.99. The minimum Gasteiger partial charge on any atom is -0.480 e. The molecule has 0 rings (SSSR count). The van der Waals surface area contributed by atoms with Crippen LogP contribution in [0.1, 0.15) is 6.42 Å². The van der Waals surface area contributed by atoms with Crippen molar-refractivity contribution in [1.29, 1.82) is 0 Å². The van der Waals surface area contributed by atoms with Crippen molar-refractivity contribution in [1.82, 2.24) is 5.32 Å². The van der Waals surface area contributed by atoms with Crippen LogP contribution in [0.5, 0.6) is 0 Å². The third-order valence-corrected chi connectivity index (χ3v) is 3.01. The first-order chi connectivity index (χ1) is 8.22. The summed E-state index contributed by atoms with van der Waals surface area (Å²) >= 11 is 1.48. The van der Waals surface area contributed by atoms with E-state index in [0.717, 1.165) is 12.2 Å². The summed E-state index contributed by atoms with van der Waals surface area (Å²) in [6.07, 6.45) is 1.26. The maximum atomic E-state index is 10.7. The van der Waals surface area contributed by atoms with Crippen molar-refractivity contribution in [3.8, 4) is 0 Å². The molecule has 2 N–H and O–H groups in total. The van der Waals surface area contributed by atoms with Crippen LogP contribution in [0.4, 0.5) is 0 Å². The second-order valence-electron chi connectivity index (χ2n) is 3.21. The zero-order chi connectivity index (χ0) is 12.9. The molecule has 0 saturated carbocycles. The van der Waals surface area contributed by atoms with E-state index in [9.17, 15) is 9.59 Å². The van der Waals surface area contributed by atoms with Crippen molar-refractivity contribution < 1.29 is 24.2 Å². The molecule has 0 bridgehead atoms. The molecule has 17 heavy (non-hydrogen) atoms. The molecule has 7 heteroatoms. The maximum Gasteiger partial charge on any atom is 0.327 e. The third-order valence-electron chi connectivity index (χ3n) is 1.86. The lowest BCUT2D eigenvalue weighted by molar-refractivity contribution is -0.139. The Kier molecular flexibility index (Phi) is 11.1. The number of carboxylic acid groups (broad SMARTS) is 1. The maximum absolute atomic E-state index is 10.7. The number of carbonyl (C=O) groups is 2. The molecule has 1 atom stereocenters. The fourth-order valence-electron chi connectivity index (χ4n) is 0.981. The topological polar surface area (TPSA) is 84.9 Å². The number of hydrogen-bond donors (Lipinski definition) is 2. The lowest BCUT2D eigenvalue weighted by atomic mass is 10.3. The van der Waals surface area contributed by atoms with Crippen LogP contribution in [-0.4, -0.2) is 62.0 Å². The lowest BCUT2D eigenvalue weighted by Crippen LogP contribution is -2.37. The molecule has 0 saturated heterocycles. The monoisotopic (exact) mass is 265 g/mol. The fourth-order valence-corrected chi connectivity index (χ4v) is 1.94. The van der Waals surface area contributed by atoms with E-state index in [1.807, 2.05) is 0 Å². The Morgan fingerprint density at radius 1 is 1.47 bits per heavy atom. The van der Waals surface area contributed by atoms with Gasteiger partial charge in [0.1, 0.15) is 6.04 Å². The Morgan fingerprint density at radius 2 is 2.24 bits per heavy atom. The number of carboxylic acids is 1. The van der Waals surface area contributed by atoms with Crippen molar-refractivity contribution in [2.75, 3.05) is 38.4 Å². The zero-order valence-electron chi connectivity index (χ0n) is 9.89. The van der Waals surface area contributed by atoms with Gasteiger partial charge < -0.3 is 19.9 Å². The van der Waals surface area contributed by atoms with Gasteiger partial charge in [0.15, 0.2) is 0 Å². The number of aliphatic carboxylic acids is 1. The van der Waals surface area contributed by atoms with Gasteiger partial charge in [0.05, 0.1) is 13.2 Å². The summed E-state index contributed by atoms with van der Waals surface area (Å²) in [4.78, 5) is 20.8. The molecule has 0 aromatic heterocycles. The van der Waals surface area contributed by atoms with Crippen molar-refractivity contribution in [3.05, 3.63) is 0 Å². The van der Waals surface area contributed by atoms with E-state index >= 15 is 0 Å². The van der Waals surface area contributed by atoms with E-state index in [1.54, 1.807) is 7.11 Å². The molecule has 0 aromatic carbocycles. The van der Waals surface area contributed by atoms with Gasteiger partial charge in [-0.15, -0.1) is 0 Å². The number of rotatable bonds is 12. The highest BCUT2D eigenvalue weighted by Gasteiger charge is 2.15. The molecule has 0 heterocycles. The van der Waals surface area contributed by atoms with Gasteiger partial charge >= 0.3 is 5.97 Å². The number of hydrogen-bond acceptors (Lipinski definition) is 5. The molecule has 0 aliphatic heterocycles. The van der Waals surface area contributed by atoms with Crippen molar-refractivity contribution in [3.63, 3.8) is 0 Å². The van der Waals surface area contributed by atoms with Crippen molar-refractivity contribution in [2.45, 2.75) is 12.5 Å². The van der Waals surface area contributed by atoms with Gasteiger partial charge in [-0.3, -0.25) is 4.79 Å². The zero-order valence-corrected chi connectivity index (χ0v) is 10.7. The number of nitrogens with one attached hydrogen (secondary N) is 1. The normalized spacial score (nSPS) is 12.1. The summed E-state index contributed by atoms with van der Waals surface area (Å²) in [5.41, 5.74) is 0. The molecule has 0 fully saturated rings. The summed E-state index contributed by atoms with van der Waals surface area (Å²) in [6.45, 7) is 1.79. The molecule has 0 aliphatic carbocycles. The average molecular weight is 265 g/mol. The third kappa shape index (κ3) is 10.1. The van der Waals surface area contributed by atoms with Crippen molar-refractivity contribution >= 4 is 24.1 Å². The van der Waals surface area contributed by atoms with E-state index in [4.69, 9.17) is 14.6 Å². The van der Waals surface area contributed by atoms with Crippen molar-refractivity contribution in [2.24, 2.45) is 0 Å². The number of thioether (sulfide) groups is 1. The molecular weight excluding hydrogens is 246 g/mol. The lowest BCUT2D eigenvalue weighted by Gasteiger charge is -2.10. The summed E-state index contributed by atoms with van der Waals surface area (Å²) in [6, 6.07) is -0.813. The highest BCUT2D eigenvalue weighted by Crippen LogP contribution is 2.05. The molecule has 0 radical (unpaired) electrons. The van der Waals surface area contributed by atoms with Crippen LogP contribution in [-0.2, 0) is 19.1 Å². The van der Waals surface area contributed by atoms with E-state index in [-0.39, 0.29) is 0 Å². The van der Waals surface area contributed by atoms with Gasteiger partial charge in [0.2, 0.25) is 6.41 Å². The van der Waals surface area contributed by atoms with Gasteiger partial charge in [-0.25, -0.2) is 4.79 Å². The van der Waals surface area contributed by atoms with Crippen LogP contribution in [0.3, 0.4) is 0 Å². The summed E-state index contributed by atoms with van der Waals surface area (Å²) in [5, 5.41) is 11.0. The van der Waals surface area contributed by atoms with E-state index in [2.05, 4.69) is 5.32 Å². The second-order valence-corrected chi connectivity index (χ2v) is 4.36. The molecule has 0 aliphatic rings. The van der Waals surface area contributed by atoms with E-state index < -0.39 is 12.0 Å². The first-order valence-electron chi connectivity index (χ1n) is 5.29. The van der Waals surface area contributed by atoms with E-state index in [0.29, 0.717) is 32.0 Å². The molecule has 100 valence electrons. The van der Waals surface area contributed by atoms with Gasteiger partial charge in [0, 0.05) is 19.5 Å². The quantitative estimate of drug-likeness (QED) is 0.381. The number of ether oxygens (including phenoxy) is 2. The Labute approximate surface area is 105 Å². The Bertz CT molecular complexity index is 215. The van der Waals surface area contributed by atoms with Gasteiger partial charge in [0.25, 0.3) is 0 Å². The van der Waals surface area contributed by atoms with Crippen LogP contribution >= 0.6 is 11.8 Å². The van der Waals surface area contributed by atoms with Crippen LogP contribution in [0, 0.1) is 0 Å². The molecule has 1 amide bonds. The molecule has 0 aromatic rings. The smallest absolute Gasteiger partial charge is 0.327 e. The molecule has 1 unspecified atom stereocenters. The standard InChI is InChI=1S/C10H19NO5S/c1-15-4-5-16-3-2-6-17-7-9(10(13)14)11-8-12/h8-9H,2-7H2,1H3,(H,11,12)(H,13,14). The summed E-state index contributed by atoms with van der Waals surface area (Å²) in [5.74, 6) is 0.157. The largest absolute Gasteiger partial charge is 0.480 e. The predicted octanol–water partition coefficient (Wildman–Crippen LogP) is -0.0281. The SMILES string of the molecule is COCCOCCCSCC(NC=O)C(=O)O. The minimum atomic E-state index is -1.01. The summed E-state index contributed by atoms with van der Waals surface area (Å²) < 4.78 is 10.1. The predicted molar refractivity (Wildman–Crippen MR) is 65.3 cm³/mol. The van der Waals surface area contributed by atoms with Gasteiger partial charge in [-0.05, 0) is 12.2 Å². The van der Waals surface area contributed by atoms with Crippen LogP contribution in [0.25, 0.3) is 0 Å². The number of methoxy groups -OCH3 is 1. The molecule has 6 nitrogen and oxygen atoms in total. The van der Waals surface area contributed by atoms with Gasteiger partial charge in [-0.1, -0.05) is 0 Å². The van der Waals surface area contributed by atoms with Crippen LogP contribution in [0.15, 0.2) is 0 Å². The second kappa shape index (κ2) is 11.7. The Morgan fingerprint density at radius 3 is 2.82 bits per heavy atom. The summed E-state index contributed by atoms with van der Waals surface area (Å²) in [7, 11) is 1.62. The fraction of sp³-hybridized carbons (Fsp3) is 0.800.